The number of rotatable bonds is 3. The zero-order chi connectivity index (χ0) is 12.5. The zero-order valence-electron chi connectivity index (χ0n) is 11.0. The van der Waals surface area contributed by atoms with Gasteiger partial charge in [0.15, 0.2) is 0 Å². The van der Waals surface area contributed by atoms with E-state index in [0.29, 0.717) is 5.92 Å². The molecule has 0 aliphatic carbocycles. The monoisotopic (exact) mass is 235 g/mol. The molecule has 1 heterocycles. The molecule has 1 aromatic rings. The summed E-state index contributed by atoms with van der Waals surface area (Å²) < 4.78 is 10.8. The lowest BCUT2D eigenvalue weighted by atomic mass is 9.83. The highest BCUT2D eigenvalue weighted by atomic mass is 16.5. The van der Waals surface area contributed by atoms with E-state index in [2.05, 4.69) is 25.2 Å². The summed E-state index contributed by atoms with van der Waals surface area (Å²) >= 11 is 0. The molecule has 1 aromatic carbocycles. The molecule has 0 saturated carbocycles. The van der Waals surface area contributed by atoms with Gasteiger partial charge < -0.3 is 14.8 Å². The highest BCUT2D eigenvalue weighted by Crippen LogP contribution is 2.41. The minimum absolute atomic E-state index is 0.111. The van der Waals surface area contributed by atoms with E-state index < -0.39 is 0 Å². The smallest absolute Gasteiger partial charge is 0.122 e. The minimum Gasteiger partial charge on any atom is -0.497 e. The van der Waals surface area contributed by atoms with Gasteiger partial charge >= 0.3 is 0 Å². The van der Waals surface area contributed by atoms with Crippen molar-refractivity contribution in [3.05, 3.63) is 23.8 Å². The second kappa shape index (κ2) is 4.57. The van der Waals surface area contributed by atoms with Crippen LogP contribution in [-0.2, 0) is 0 Å². The SMILES string of the molecule is COc1ccc(OC)c(C2CCNC2(C)C)c1. The van der Waals surface area contributed by atoms with Crippen LogP contribution in [0, 0.1) is 0 Å². The van der Waals surface area contributed by atoms with Crippen LogP contribution in [0.15, 0.2) is 18.2 Å². The number of hydrogen-bond donors (Lipinski definition) is 1. The summed E-state index contributed by atoms with van der Waals surface area (Å²) in [6, 6.07) is 6.03. The summed E-state index contributed by atoms with van der Waals surface area (Å²) in [5.74, 6) is 2.31. The first-order valence-electron chi connectivity index (χ1n) is 6.05. The van der Waals surface area contributed by atoms with Crippen LogP contribution < -0.4 is 14.8 Å². The lowest BCUT2D eigenvalue weighted by Gasteiger charge is -2.28. The van der Waals surface area contributed by atoms with Gasteiger partial charge in [-0.25, -0.2) is 0 Å². The molecule has 2 rings (SSSR count). The molecule has 94 valence electrons. The molecule has 1 atom stereocenters. The average Bonchev–Trinajstić information content (AvgIpc) is 2.68. The molecule has 0 aromatic heterocycles. The summed E-state index contributed by atoms with van der Waals surface area (Å²) in [5, 5.41) is 3.54. The van der Waals surface area contributed by atoms with Gasteiger partial charge in [0.2, 0.25) is 0 Å². The van der Waals surface area contributed by atoms with Gasteiger partial charge in [0.1, 0.15) is 11.5 Å². The molecule has 0 bridgehead atoms. The molecular formula is C14H21NO2. The summed E-state index contributed by atoms with van der Waals surface area (Å²) in [5.41, 5.74) is 1.35. The topological polar surface area (TPSA) is 30.5 Å². The van der Waals surface area contributed by atoms with Crippen LogP contribution in [0.3, 0.4) is 0 Å². The Hall–Kier alpha value is -1.22. The molecule has 1 unspecified atom stereocenters. The normalized spacial score (nSPS) is 22.5. The van der Waals surface area contributed by atoms with Gasteiger partial charge in [-0.05, 0) is 45.0 Å². The third-order valence-corrected chi connectivity index (χ3v) is 3.70. The molecule has 1 fully saturated rings. The maximum atomic E-state index is 5.47. The lowest BCUT2D eigenvalue weighted by molar-refractivity contribution is 0.370. The van der Waals surface area contributed by atoms with Crippen molar-refractivity contribution in [2.24, 2.45) is 0 Å². The van der Waals surface area contributed by atoms with Crippen molar-refractivity contribution in [2.45, 2.75) is 31.7 Å². The standard InChI is InChI=1S/C14H21NO2/c1-14(2)12(7-8-15-14)11-9-10(16-3)5-6-13(11)17-4/h5-6,9,12,15H,7-8H2,1-4H3. The summed E-state index contributed by atoms with van der Waals surface area (Å²) in [7, 11) is 3.42. The Bertz CT molecular complexity index is 401. The molecule has 1 N–H and O–H groups in total. The molecule has 1 aliphatic rings. The van der Waals surface area contributed by atoms with E-state index in [-0.39, 0.29) is 5.54 Å². The Balaban J connectivity index is 2.42. The largest absolute Gasteiger partial charge is 0.497 e. The Kier molecular flexibility index (Phi) is 3.29. The molecule has 0 amide bonds. The van der Waals surface area contributed by atoms with Crippen LogP contribution in [0.25, 0.3) is 0 Å². The Morgan fingerprint density at radius 1 is 1.24 bits per heavy atom. The number of hydrogen-bond acceptors (Lipinski definition) is 3. The fourth-order valence-corrected chi connectivity index (χ4v) is 2.68. The van der Waals surface area contributed by atoms with E-state index in [0.717, 1.165) is 24.5 Å². The van der Waals surface area contributed by atoms with Gasteiger partial charge in [-0.15, -0.1) is 0 Å². The van der Waals surface area contributed by atoms with Crippen molar-refractivity contribution in [1.82, 2.24) is 5.32 Å². The fourth-order valence-electron chi connectivity index (χ4n) is 2.68. The summed E-state index contributed by atoms with van der Waals surface area (Å²) in [6.45, 7) is 5.53. The number of nitrogens with one attached hydrogen (secondary N) is 1. The van der Waals surface area contributed by atoms with Gasteiger partial charge in [0.05, 0.1) is 14.2 Å². The maximum Gasteiger partial charge on any atom is 0.122 e. The van der Waals surface area contributed by atoms with Crippen LogP contribution in [0.2, 0.25) is 0 Å². The van der Waals surface area contributed by atoms with Crippen molar-refractivity contribution in [3.8, 4) is 11.5 Å². The van der Waals surface area contributed by atoms with E-state index in [1.807, 2.05) is 12.1 Å². The average molecular weight is 235 g/mol. The second-order valence-electron chi connectivity index (χ2n) is 5.10. The van der Waals surface area contributed by atoms with Crippen LogP contribution in [0.5, 0.6) is 11.5 Å². The van der Waals surface area contributed by atoms with Crippen molar-refractivity contribution >= 4 is 0 Å². The Labute approximate surface area is 103 Å². The fraction of sp³-hybridized carbons (Fsp3) is 0.571. The molecule has 3 nitrogen and oxygen atoms in total. The molecule has 17 heavy (non-hydrogen) atoms. The van der Waals surface area contributed by atoms with Crippen LogP contribution >= 0.6 is 0 Å². The molecule has 3 heteroatoms. The van der Waals surface area contributed by atoms with Gasteiger partial charge in [0, 0.05) is 17.0 Å². The predicted molar refractivity (Wildman–Crippen MR) is 69.0 cm³/mol. The first kappa shape index (κ1) is 12.2. The Morgan fingerprint density at radius 3 is 2.53 bits per heavy atom. The molecule has 0 spiro atoms. The van der Waals surface area contributed by atoms with E-state index in [1.165, 1.54) is 5.56 Å². The summed E-state index contributed by atoms with van der Waals surface area (Å²) in [4.78, 5) is 0. The van der Waals surface area contributed by atoms with Gasteiger partial charge in [-0.2, -0.15) is 0 Å². The number of methoxy groups -OCH3 is 2. The van der Waals surface area contributed by atoms with E-state index in [1.54, 1.807) is 14.2 Å². The molecule has 0 radical (unpaired) electrons. The highest BCUT2D eigenvalue weighted by Gasteiger charge is 2.36. The molecule has 1 saturated heterocycles. The minimum atomic E-state index is 0.111. The first-order valence-corrected chi connectivity index (χ1v) is 6.05. The van der Waals surface area contributed by atoms with Crippen molar-refractivity contribution in [3.63, 3.8) is 0 Å². The zero-order valence-corrected chi connectivity index (χ0v) is 11.0. The van der Waals surface area contributed by atoms with Crippen molar-refractivity contribution in [2.75, 3.05) is 20.8 Å². The van der Waals surface area contributed by atoms with Crippen LogP contribution in [0.4, 0.5) is 0 Å². The quantitative estimate of drug-likeness (QED) is 0.873. The predicted octanol–water partition coefficient (Wildman–Crippen LogP) is 2.56. The maximum absolute atomic E-state index is 5.47. The second-order valence-corrected chi connectivity index (χ2v) is 5.10. The third-order valence-electron chi connectivity index (χ3n) is 3.70. The van der Waals surface area contributed by atoms with Gasteiger partial charge in [0.25, 0.3) is 0 Å². The van der Waals surface area contributed by atoms with Crippen LogP contribution in [0.1, 0.15) is 31.7 Å². The summed E-state index contributed by atoms with van der Waals surface area (Å²) in [6.07, 6.45) is 1.14. The first-order chi connectivity index (χ1) is 8.08. The van der Waals surface area contributed by atoms with Gasteiger partial charge in [-0.1, -0.05) is 0 Å². The van der Waals surface area contributed by atoms with Gasteiger partial charge in [-0.3, -0.25) is 0 Å². The molecule has 1 aliphatic heterocycles. The molecular weight excluding hydrogens is 214 g/mol. The lowest BCUT2D eigenvalue weighted by Crippen LogP contribution is -2.36. The van der Waals surface area contributed by atoms with Crippen LogP contribution in [-0.4, -0.2) is 26.3 Å². The van der Waals surface area contributed by atoms with Crippen molar-refractivity contribution < 1.29 is 9.47 Å². The van der Waals surface area contributed by atoms with E-state index in [4.69, 9.17) is 9.47 Å². The number of benzene rings is 1. The van der Waals surface area contributed by atoms with Crippen molar-refractivity contribution in [1.29, 1.82) is 0 Å². The third kappa shape index (κ3) is 2.25. The highest BCUT2D eigenvalue weighted by molar-refractivity contribution is 5.44. The van der Waals surface area contributed by atoms with E-state index in [9.17, 15) is 0 Å². The Morgan fingerprint density at radius 2 is 2.00 bits per heavy atom. The number of ether oxygens (including phenoxy) is 2. The van der Waals surface area contributed by atoms with E-state index >= 15 is 0 Å².